The molecule has 126 valence electrons. The zero-order valence-corrected chi connectivity index (χ0v) is 13.3. The molecule has 0 aromatic heterocycles. The third-order valence-corrected chi connectivity index (χ3v) is 3.13. The summed E-state index contributed by atoms with van der Waals surface area (Å²) in [5, 5.41) is 12.2. The van der Waals surface area contributed by atoms with Crippen LogP contribution in [0, 0.1) is 0 Å². The lowest BCUT2D eigenvalue weighted by atomic mass is 10.1. The number of hydroxylamine groups is 1. The van der Waals surface area contributed by atoms with Gasteiger partial charge in [-0.2, -0.15) is 5.10 Å². The number of nitrogens with one attached hydrogen (secondary N) is 2. The predicted octanol–water partition coefficient (Wildman–Crippen LogP) is 2.63. The van der Waals surface area contributed by atoms with E-state index in [-0.39, 0.29) is 5.91 Å². The Labute approximate surface area is 145 Å². The molecule has 0 unspecified atom stereocenters. The minimum atomic E-state index is -0.625. The van der Waals surface area contributed by atoms with E-state index in [4.69, 9.17) is 5.21 Å². The van der Waals surface area contributed by atoms with Crippen LogP contribution in [0.3, 0.4) is 0 Å². The van der Waals surface area contributed by atoms with Gasteiger partial charge in [-0.1, -0.05) is 48.5 Å². The van der Waals surface area contributed by atoms with Gasteiger partial charge in [-0.15, -0.1) is 0 Å². The molecule has 25 heavy (non-hydrogen) atoms. The van der Waals surface area contributed by atoms with Gasteiger partial charge >= 0.3 is 0 Å². The Bertz CT molecular complexity index is 794. The molecule has 0 heterocycles. The van der Waals surface area contributed by atoms with Crippen molar-refractivity contribution in [1.29, 1.82) is 0 Å². The molecule has 6 heteroatoms. The maximum Gasteiger partial charge on any atom is 0.271 e. The van der Waals surface area contributed by atoms with Crippen LogP contribution in [0.1, 0.15) is 21.5 Å². The van der Waals surface area contributed by atoms with E-state index in [0.29, 0.717) is 5.56 Å². The van der Waals surface area contributed by atoms with Gasteiger partial charge in [-0.3, -0.25) is 14.8 Å². The summed E-state index contributed by atoms with van der Waals surface area (Å²) in [5.41, 5.74) is 6.12. The molecular weight excluding hydrogens is 318 g/mol. The molecule has 0 radical (unpaired) electrons. The SMILES string of the molecule is O=C(/C=C/c1ccc(C(=O)N/N=C/C=C/c2ccccc2)cc1)NO. The Balaban J connectivity index is 1.86. The highest BCUT2D eigenvalue weighted by Gasteiger charge is 2.02. The number of carbonyl (C=O) groups is 2. The van der Waals surface area contributed by atoms with Gasteiger partial charge in [-0.05, 0) is 35.4 Å². The van der Waals surface area contributed by atoms with Gasteiger partial charge in [0.25, 0.3) is 11.8 Å². The number of carbonyl (C=O) groups excluding carboxylic acids is 2. The molecule has 0 aliphatic carbocycles. The highest BCUT2D eigenvalue weighted by atomic mass is 16.5. The van der Waals surface area contributed by atoms with Crippen molar-refractivity contribution in [3.63, 3.8) is 0 Å². The van der Waals surface area contributed by atoms with Crippen molar-refractivity contribution in [1.82, 2.24) is 10.9 Å². The van der Waals surface area contributed by atoms with Gasteiger partial charge in [0.05, 0.1) is 0 Å². The van der Waals surface area contributed by atoms with Crippen LogP contribution >= 0.6 is 0 Å². The number of hydrazone groups is 1. The average molecular weight is 335 g/mol. The molecule has 0 aliphatic rings. The van der Waals surface area contributed by atoms with Crippen LogP contribution in [0.25, 0.3) is 12.2 Å². The second-order valence-electron chi connectivity index (χ2n) is 4.92. The summed E-state index contributed by atoms with van der Waals surface area (Å²) < 4.78 is 0. The van der Waals surface area contributed by atoms with E-state index < -0.39 is 5.91 Å². The van der Waals surface area contributed by atoms with Crippen molar-refractivity contribution in [2.24, 2.45) is 5.10 Å². The smallest absolute Gasteiger partial charge is 0.271 e. The monoisotopic (exact) mass is 335 g/mol. The van der Waals surface area contributed by atoms with E-state index in [9.17, 15) is 9.59 Å². The molecule has 3 N–H and O–H groups in total. The summed E-state index contributed by atoms with van der Waals surface area (Å²) in [7, 11) is 0. The molecule has 2 amide bonds. The lowest BCUT2D eigenvalue weighted by Gasteiger charge is -2.00. The number of hydrogen-bond acceptors (Lipinski definition) is 4. The fourth-order valence-corrected chi connectivity index (χ4v) is 1.88. The summed E-state index contributed by atoms with van der Waals surface area (Å²) in [6.07, 6.45) is 7.79. The van der Waals surface area contributed by atoms with Crippen LogP contribution in [0.4, 0.5) is 0 Å². The Kier molecular flexibility index (Phi) is 6.84. The molecule has 6 nitrogen and oxygen atoms in total. The second kappa shape index (κ2) is 9.59. The van der Waals surface area contributed by atoms with Crippen molar-refractivity contribution >= 4 is 30.2 Å². The molecule has 0 spiro atoms. The molecule has 0 saturated carbocycles. The van der Waals surface area contributed by atoms with Crippen LogP contribution in [0.15, 0.2) is 71.9 Å². The second-order valence-corrected chi connectivity index (χ2v) is 4.92. The summed E-state index contributed by atoms with van der Waals surface area (Å²) in [4.78, 5) is 22.8. The van der Waals surface area contributed by atoms with Gasteiger partial charge < -0.3 is 0 Å². The molecule has 0 aliphatic heterocycles. The minimum absolute atomic E-state index is 0.340. The van der Waals surface area contributed by atoms with Crippen LogP contribution in [-0.4, -0.2) is 23.2 Å². The molecule has 0 bridgehead atoms. The van der Waals surface area contributed by atoms with E-state index in [2.05, 4.69) is 10.5 Å². The average Bonchev–Trinajstić information content (AvgIpc) is 2.67. The summed E-state index contributed by atoms with van der Waals surface area (Å²) in [6, 6.07) is 16.3. The lowest BCUT2D eigenvalue weighted by Crippen LogP contribution is -2.17. The van der Waals surface area contributed by atoms with E-state index in [1.54, 1.807) is 30.3 Å². The fourth-order valence-electron chi connectivity index (χ4n) is 1.88. The van der Waals surface area contributed by atoms with E-state index in [1.165, 1.54) is 23.8 Å². The zero-order valence-electron chi connectivity index (χ0n) is 13.3. The molecule has 2 aromatic carbocycles. The third-order valence-electron chi connectivity index (χ3n) is 3.13. The topological polar surface area (TPSA) is 90.8 Å². The first-order chi connectivity index (χ1) is 12.2. The van der Waals surface area contributed by atoms with E-state index >= 15 is 0 Å². The number of rotatable bonds is 6. The number of hydrogen-bond donors (Lipinski definition) is 3. The lowest BCUT2D eigenvalue weighted by molar-refractivity contribution is -0.124. The van der Waals surface area contributed by atoms with E-state index in [0.717, 1.165) is 11.1 Å². The minimum Gasteiger partial charge on any atom is -0.288 e. The van der Waals surface area contributed by atoms with Crippen LogP contribution in [0.5, 0.6) is 0 Å². The van der Waals surface area contributed by atoms with Crippen molar-refractivity contribution < 1.29 is 14.8 Å². The fraction of sp³-hybridized carbons (Fsp3) is 0. The highest BCUT2D eigenvalue weighted by Crippen LogP contribution is 2.06. The predicted molar refractivity (Wildman–Crippen MR) is 96.8 cm³/mol. The third kappa shape index (κ3) is 6.25. The first-order valence-electron chi connectivity index (χ1n) is 7.46. The van der Waals surface area contributed by atoms with Gasteiger partial charge in [0, 0.05) is 17.9 Å². The Hall–Kier alpha value is -3.51. The van der Waals surface area contributed by atoms with E-state index in [1.807, 2.05) is 36.4 Å². The first kappa shape index (κ1) is 17.8. The van der Waals surface area contributed by atoms with Crippen molar-refractivity contribution in [2.45, 2.75) is 0 Å². The van der Waals surface area contributed by atoms with Crippen LogP contribution < -0.4 is 10.9 Å². The van der Waals surface area contributed by atoms with Gasteiger partial charge in [0.1, 0.15) is 0 Å². The highest BCUT2D eigenvalue weighted by molar-refractivity contribution is 5.95. The maximum absolute atomic E-state index is 11.9. The maximum atomic E-state index is 11.9. The number of amides is 2. The summed E-state index contributed by atoms with van der Waals surface area (Å²) in [6.45, 7) is 0. The number of nitrogens with zero attached hydrogens (tertiary/aromatic N) is 1. The summed E-state index contributed by atoms with van der Waals surface area (Å²) >= 11 is 0. The quantitative estimate of drug-likeness (QED) is 0.328. The van der Waals surface area contributed by atoms with Crippen molar-refractivity contribution in [3.05, 3.63) is 83.4 Å². The zero-order chi connectivity index (χ0) is 17.9. The molecular formula is C19H17N3O3. The van der Waals surface area contributed by atoms with Gasteiger partial charge in [-0.25, -0.2) is 10.9 Å². The van der Waals surface area contributed by atoms with Crippen LogP contribution in [0.2, 0.25) is 0 Å². The Morgan fingerprint density at radius 2 is 1.60 bits per heavy atom. The van der Waals surface area contributed by atoms with Crippen LogP contribution in [-0.2, 0) is 4.79 Å². The number of benzene rings is 2. The van der Waals surface area contributed by atoms with Gasteiger partial charge in [0.2, 0.25) is 0 Å². The van der Waals surface area contributed by atoms with Gasteiger partial charge in [0.15, 0.2) is 0 Å². The summed E-state index contributed by atoms with van der Waals surface area (Å²) in [5.74, 6) is -0.965. The molecule has 2 rings (SSSR count). The standard InChI is InChI=1S/C19H17N3O3/c23-18(22-25)13-10-16-8-11-17(12-9-16)19(24)21-20-14-4-7-15-5-2-1-3-6-15/h1-14,25H,(H,21,24)(H,22,23)/b7-4+,13-10+,20-14+. The molecule has 0 saturated heterocycles. The first-order valence-corrected chi connectivity index (χ1v) is 7.46. The number of allylic oxidation sites excluding steroid dienone is 1. The molecule has 0 fully saturated rings. The Morgan fingerprint density at radius 3 is 2.28 bits per heavy atom. The molecule has 0 atom stereocenters. The normalized spacial score (nSPS) is 11.2. The molecule has 2 aromatic rings. The van der Waals surface area contributed by atoms with Crippen molar-refractivity contribution in [2.75, 3.05) is 0 Å². The Morgan fingerprint density at radius 1 is 0.920 bits per heavy atom. The van der Waals surface area contributed by atoms with Crippen molar-refractivity contribution in [3.8, 4) is 0 Å². The largest absolute Gasteiger partial charge is 0.288 e.